The highest BCUT2D eigenvalue weighted by atomic mass is 35.5. The number of rotatable bonds is 5. The van der Waals surface area contributed by atoms with Gasteiger partial charge >= 0.3 is 0 Å². The summed E-state index contributed by atoms with van der Waals surface area (Å²) >= 11 is 5.87. The highest BCUT2D eigenvalue weighted by Gasteiger charge is 2.13. The van der Waals surface area contributed by atoms with Crippen molar-refractivity contribution in [1.82, 2.24) is 5.43 Å². The van der Waals surface area contributed by atoms with E-state index in [4.69, 9.17) is 11.6 Å². The van der Waals surface area contributed by atoms with E-state index in [9.17, 15) is 9.59 Å². The normalized spacial score (nSPS) is 10.9. The molecule has 2 amide bonds. The number of para-hydroxylation sites is 1. The largest absolute Gasteiger partial charge is 0.321 e. The van der Waals surface area contributed by atoms with Gasteiger partial charge in [0, 0.05) is 16.1 Å². The number of amides is 2. The molecule has 0 fully saturated rings. The average molecular weight is 428 g/mol. The minimum absolute atomic E-state index is 0.305. The number of hydrogen-bond acceptors (Lipinski definition) is 3. The van der Waals surface area contributed by atoms with E-state index in [1.165, 1.54) is 0 Å². The molecule has 0 radical (unpaired) electrons. The zero-order valence-corrected chi connectivity index (χ0v) is 17.1. The summed E-state index contributed by atoms with van der Waals surface area (Å²) in [4.78, 5) is 25.2. The van der Waals surface area contributed by atoms with Crippen molar-refractivity contribution in [2.45, 2.75) is 0 Å². The van der Waals surface area contributed by atoms with E-state index in [1.807, 2.05) is 42.5 Å². The number of hydrogen-bond donors (Lipinski definition) is 2. The second kappa shape index (κ2) is 9.24. The highest BCUT2D eigenvalue weighted by Crippen LogP contribution is 2.18. The lowest BCUT2D eigenvalue weighted by Gasteiger charge is -2.10. The van der Waals surface area contributed by atoms with Gasteiger partial charge in [0.2, 0.25) is 0 Å². The molecule has 5 nitrogen and oxygen atoms in total. The monoisotopic (exact) mass is 427 g/mol. The van der Waals surface area contributed by atoms with Crippen LogP contribution in [-0.2, 0) is 0 Å². The first-order valence-electron chi connectivity index (χ1n) is 9.59. The van der Waals surface area contributed by atoms with Crippen LogP contribution in [0.25, 0.3) is 10.8 Å². The Bertz CT molecular complexity index is 1280. The summed E-state index contributed by atoms with van der Waals surface area (Å²) < 4.78 is 0. The van der Waals surface area contributed by atoms with E-state index < -0.39 is 5.91 Å². The molecule has 0 aliphatic rings. The van der Waals surface area contributed by atoms with Crippen molar-refractivity contribution in [1.29, 1.82) is 0 Å². The van der Waals surface area contributed by atoms with Crippen LogP contribution in [0.15, 0.2) is 96.1 Å². The zero-order valence-electron chi connectivity index (χ0n) is 16.4. The summed E-state index contributed by atoms with van der Waals surface area (Å²) in [7, 11) is 0. The van der Waals surface area contributed by atoms with Crippen molar-refractivity contribution in [2.75, 3.05) is 5.32 Å². The fraction of sp³-hybridized carbons (Fsp3) is 0. The van der Waals surface area contributed by atoms with Crippen molar-refractivity contribution < 1.29 is 9.59 Å². The molecule has 0 heterocycles. The quantitative estimate of drug-likeness (QED) is 0.325. The van der Waals surface area contributed by atoms with Gasteiger partial charge in [-0.1, -0.05) is 66.2 Å². The maximum absolute atomic E-state index is 12.7. The van der Waals surface area contributed by atoms with E-state index in [0.29, 0.717) is 21.8 Å². The minimum Gasteiger partial charge on any atom is -0.321 e. The number of hydrazone groups is 1. The topological polar surface area (TPSA) is 70.6 Å². The Labute approximate surface area is 184 Å². The third kappa shape index (κ3) is 4.79. The van der Waals surface area contributed by atoms with E-state index in [1.54, 1.807) is 54.7 Å². The summed E-state index contributed by atoms with van der Waals surface area (Å²) in [6.07, 6.45) is 1.61. The molecule has 2 N–H and O–H groups in total. The third-order valence-corrected chi connectivity index (χ3v) is 4.97. The van der Waals surface area contributed by atoms with E-state index in [2.05, 4.69) is 15.8 Å². The molecule has 0 aliphatic heterocycles. The van der Waals surface area contributed by atoms with Gasteiger partial charge in [-0.2, -0.15) is 5.10 Å². The number of carbonyl (C=O) groups excluding carboxylic acids is 2. The summed E-state index contributed by atoms with van der Waals surface area (Å²) in [5.74, 6) is -0.764. The Balaban J connectivity index is 1.49. The molecule has 4 rings (SSSR count). The lowest BCUT2D eigenvalue weighted by atomic mass is 10.1. The van der Waals surface area contributed by atoms with E-state index in [-0.39, 0.29) is 5.91 Å². The number of halogens is 1. The molecular formula is C25H18ClN3O2. The van der Waals surface area contributed by atoms with Crippen molar-refractivity contribution in [3.05, 3.63) is 113 Å². The predicted octanol–water partition coefficient (Wildman–Crippen LogP) is 5.51. The maximum atomic E-state index is 12.7. The van der Waals surface area contributed by atoms with Crippen LogP contribution in [0.1, 0.15) is 26.3 Å². The van der Waals surface area contributed by atoms with Gasteiger partial charge in [-0.15, -0.1) is 0 Å². The molecule has 31 heavy (non-hydrogen) atoms. The SMILES string of the molecule is O=C(Nc1ccccc1C(=O)N/N=C\c1cccc2ccccc12)c1ccc(Cl)cc1. The van der Waals surface area contributed by atoms with Crippen molar-refractivity contribution in [3.8, 4) is 0 Å². The van der Waals surface area contributed by atoms with Gasteiger partial charge < -0.3 is 5.32 Å². The minimum atomic E-state index is -0.427. The first-order valence-corrected chi connectivity index (χ1v) is 9.97. The molecule has 152 valence electrons. The maximum Gasteiger partial charge on any atom is 0.273 e. The third-order valence-electron chi connectivity index (χ3n) is 4.72. The molecule has 0 spiro atoms. The molecule has 0 bridgehead atoms. The van der Waals surface area contributed by atoms with E-state index >= 15 is 0 Å². The predicted molar refractivity (Wildman–Crippen MR) is 125 cm³/mol. The van der Waals surface area contributed by atoms with Crippen molar-refractivity contribution in [2.24, 2.45) is 5.10 Å². The molecule has 0 saturated carbocycles. The summed E-state index contributed by atoms with van der Waals surface area (Å²) in [6, 6.07) is 27.1. The van der Waals surface area contributed by atoms with Crippen LogP contribution >= 0.6 is 11.6 Å². The van der Waals surface area contributed by atoms with Crippen LogP contribution in [0.3, 0.4) is 0 Å². The summed E-state index contributed by atoms with van der Waals surface area (Å²) in [5.41, 5.74) is 4.56. The molecule has 0 atom stereocenters. The van der Waals surface area contributed by atoms with Gasteiger partial charge in [-0.3, -0.25) is 9.59 Å². The molecule has 6 heteroatoms. The number of carbonyl (C=O) groups is 2. The van der Waals surface area contributed by atoms with Crippen molar-refractivity contribution >= 4 is 46.1 Å². The van der Waals surface area contributed by atoms with E-state index in [0.717, 1.165) is 16.3 Å². The second-order valence-corrected chi connectivity index (χ2v) is 7.21. The number of fused-ring (bicyclic) bond motifs is 1. The number of nitrogens with zero attached hydrogens (tertiary/aromatic N) is 1. The smallest absolute Gasteiger partial charge is 0.273 e. The average Bonchev–Trinajstić information content (AvgIpc) is 2.80. The van der Waals surface area contributed by atoms with Crippen LogP contribution in [-0.4, -0.2) is 18.0 Å². The Morgan fingerprint density at radius 3 is 2.32 bits per heavy atom. The van der Waals surface area contributed by atoms with Gasteiger partial charge in [0.15, 0.2) is 0 Å². The number of anilines is 1. The van der Waals surface area contributed by atoms with Crippen LogP contribution in [0.5, 0.6) is 0 Å². The van der Waals surface area contributed by atoms with Crippen LogP contribution in [0.4, 0.5) is 5.69 Å². The standard InChI is InChI=1S/C25H18ClN3O2/c26-20-14-12-18(13-15-20)24(30)28-23-11-4-3-10-22(23)25(31)29-27-16-19-8-5-7-17-6-1-2-9-21(17)19/h1-16H,(H,28,30)(H,29,31)/b27-16-. The molecule has 0 aromatic heterocycles. The Kier molecular flexibility index (Phi) is 6.05. The first kappa shape index (κ1) is 20.3. The number of nitrogens with one attached hydrogen (secondary N) is 2. The lowest BCUT2D eigenvalue weighted by molar-refractivity contribution is 0.0956. The Hall–Kier alpha value is -3.96. The van der Waals surface area contributed by atoms with Gasteiger partial charge in [-0.05, 0) is 47.2 Å². The first-order chi connectivity index (χ1) is 15.1. The lowest BCUT2D eigenvalue weighted by Crippen LogP contribution is -2.21. The molecule has 4 aromatic rings. The highest BCUT2D eigenvalue weighted by molar-refractivity contribution is 6.30. The molecule has 0 aliphatic carbocycles. The molecule has 4 aromatic carbocycles. The molecule has 0 saturated heterocycles. The summed E-state index contributed by atoms with van der Waals surface area (Å²) in [5, 5.41) is 9.54. The number of benzene rings is 4. The van der Waals surface area contributed by atoms with Gasteiger partial charge in [-0.25, -0.2) is 5.43 Å². The second-order valence-electron chi connectivity index (χ2n) is 6.77. The fourth-order valence-electron chi connectivity index (χ4n) is 3.17. The van der Waals surface area contributed by atoms with Crippen LogP contribution < -0.4 is 10.7 Å². The molecular weight excluding hydrogens is 410 g/mol. The Morgan fingerprint density at radius 1 is 0.774 bits per heavy atom. The zero-order chi connectivity index (χ0) is 21.6. The molecule has 0 unspecified atom stereocenters. The van der Waals surface area contributed by atoms with Gasteiger partial charge in [0.25, 0.3) is 11.8 Å². The Morgan fingerprint density at radius 2 is 1.48 bits per heavy atom. The fourth-order valence-corrected chi connectivity index (χ4v) is 3.30. The van der Waals surface area contributed by atoms with Gasteiger partial charge in [0.05, 0.1) is 17.5 Å². The van der Waals surface area contributed by atoms with Crippen LogP contribution in [0.2, 0.25) is 5.02 Å². The summed E-state index contributed by atoms with van der Waals surface area (Å²) in [6.45, 7) is 0. The van der Waals surface area contributed by atoms with Crippen molar-refractivity contribution in [3.63, 3.8) is 0 Å². The van der Waals surface area contributed by atoms with Crippen LogP contribution in [0, 0.1) is 0 Å². The van der Waals surface area contributed by atoms with Gasteiger partial charge in [0.1, 0.15) is 0 Å².